The number of rotatable bonds is 8. The van der Waals surface area contributed by atoms with Crippen LogP contribution in [0, 0.1) is 0 Å². The van der Waals surface area contributed by atoms with Crippen LogP contribution in [0.1, 0.15) is 27.2 Å². The molecule has 0 radical (unpaired) electrons. The highest BCUT2D eigenvalue weighted by atomic mass is 32.2. The Morgan fingerprint density at radius 3 is 2.35 bits per heavy atom. The SMILES string of the molecule is COCC(CCO)NCCS(=O)(=O)C(C)(C)C. The number of hydrogen-bond acceptors (Lipinski definition) is 5. The van der Waals surface area contributed by atoms with Gasteiger partial charge in [0.1, 0.15) is 0 Å². The van der Waals surface area contributed by atoms with Crippen molar-refractivity contribution in [2.45, 2.75) is 38.0 Å². The van der Waals surface area contributed by atoms with Gasteiger partial charge >= 0.3 is 0 Å². The van der Waals surface area contributed by atoms with Gasteiger partial charge in [0.2, 0.25) is 0 Å². The molecule has 0 saturated carbocycles. The Balaban J connectivity index is 4.12. The molecule has 6 heteroatoms. The molecule has 0 aromatic carbocycles. The maximum atomic E-state index is 11.8. The fraction of sp³-hybridized carbons (Fsp3) is 1.00. The molecule has 1 atom stereocenters. The Kier molecular flexibility index (Phi) is 7.23. The van der Waals surface area contributed by atoms with Crippen molar-refractivity contribution < 1.29 is 18.3 Å². The molecule has 0 aromatic heterocycles. The van der Waals surface area contributed by atoms with E-state index >= 15 is 0 Å². The zero-order valence-corrected chi connectivity index (χ0v) is 12.0. The van der Waals surface area contributed by atoms with Gasteiger partial charge in [-0.2, -0.15) is 0 Å². The third kappa shape index (κ3) is 6.35. The van der Waals surface area contributed by atoms with Crippen molar-refractivity contribution in [2.24, 2.45) is 0 Å². The lowest BCUT2D eigenvalue weighted by molar-refractivity contribution is 0.149. The molecular formula is C11H25NO4S. The first-order chi connectivity index (χ1) is 7.74. The fourth-order valence-corrected chi connectivity index (χ4v) is 2.30. The number of methoxy groups -OCH3 is 1. The number of nitrogens with one attached hydrogen (secondary N) is 1. The van der Waals surface area contributed by atoms with Crippen molar-refractivity contribution in [3.63, 3.8) is 0 Å². The minimum atomic E-state index is -3.09. The summed E-state index contributed by atoms with van der Waals surface area (Å²) in [7, 11) is -1.51. The molecule has 0 rings (SSSR count). The Morgan fingerprint density at radius 2 is 1.94 bits per heavy atom. The zero-order valence-electron chi connectivity index (χ0n) is 11.2. The van der Waals surface area contributed by atoms with Crippen LogP contribution >= 0.6 is 0 Å². The molecule has 0 aliphatic heterocycles. The van der Waals surface area contributed by atoms with E-state index in [0.717, 1.165) is 0 Å². The molecule has 0 aromatic rings. The van der Waals surface area contributed by atoms with Gasteiger partial charge in [0.25, 0.3) is 0 Å². The molecule has 0 aliphatic rings. The van der Waals surface area contributed by atoms with Gasteiger partial charge in [-0.05, 0) is 27.2 Å². The van der Waals surface area contributed by atoms with Crippen LogP contribution in [-0.2, 0) is 14.6 Å². The molecule has 104 valence electrons. The summed E-state index contributed by atoms with van der Waals surface area (Å²) in [5.74, 6) is 0.0993. The Labute approximate surface area is 104 Å². The molecule has 17 heavy (non-hydrogen) atoms. The predicted octanol–water partition coefficient (Wildman–Crippen LogP) is 0.187. The normalized spacial score (nSPS) is 14.9. The maximum absolute atomic E-state index is 11.8. The van der Waals surface area contributed by atoms with E-state index < -0.39 is 14.6 Å². The number of hydrogen-bond donors (Lipinski definition) is 2. The first-order valence-electron chi connectivity index (χ1n) is 5.80. The average molecular weight is 267 g/mol. The van der Waals surface area contributed by atoms with Gasteiger partial charge in [-0.25, -0.2) is 8.42 Å². The lowest BCUT2D eigenvalue weighted by Crippen LogP contribution is -2.40. The molecular weight excluding hydrogens is 242 g/mol. The lowest BCUT2D eigenvalue weighted by atomic mass is 10.2. The van der Waals surface area contributed by atoms with E-state index in [0.29, 0.717) is 19.6 Å². The van der Waals surface area contributed by atoms with Crippen molar-refractivity contribution in [1.82, 2.24) is 5.32 Å². The minimum absolute atomic E-state index is 0.000156. The summed E-state index contributed by atoms with van der Waals surface area (Å²) in [6.45, 7) is 6.00. The molecule has 0 aliphatic carbocycles. The van der Waals surface area contributed by atoms with Gasteiger partial charge in [0.05, 0.1) is 17.1 Å². The smallest absolute Gasteiger partial charge is 0.156 e. The molecule has 0 saturated heterocycles. The Bertz CT molecular complexity index is 289. The summed E-state index contributed by atoms with van der Waals surface area (Å²) in [4.78, 5) is 0. The van der Waals surface area contributed by atoms with E-state index in [1.165, 1.54) is 0 Å². The van der Waals surface area contributed by atoms with Crippen LogP contribution in [0.5, 0.6) is 0 Å². The van der Waals surface area contributed by atoms with Gasteiger partial charge in [0, 0.05) is 26.3 Å². The number of aliphatic hydroxyl groups is 1. The first-order valence-corrected chi connectivity index (χ1v) is 7.45. The Morgan fingerprint density at radius 1 is 1.35 bits per heavy atom. The summed E-state index contributed by atoms with van der Waals surface area (Å²) in [5, 5.41) is 11.9. The van der Waals surface area contributed by atoms with Crippen LogP contribution in [0.3, 0.4) is 0 Å². The van der Waals surface area contributed by atoms with Gasteiger partial charge in [-0.3, -0.25) is 0 Å². The fourth-order valence-electron chi connectivity index (χ4n) is 1.30. The van der Waals surface area contributed by atoms with E-state index in [1.807, 2.05) is 0 Å². The molecule has 0 amide bonds. The van der Waals surface area contributed by atoms with Crippen LogP contribution in [-0.4, -0.2) is 56.9 Å². The molecule has 0 fully saturated rings. The van der Waals surface area contributed by atoms with E-state index in [2.05, 4.69) is 5.32 Å². The molecule has 0 heterocycles. The number of aliphatic hydroxyl groups excluding tert-OH is 1. The van der Waals surface area contributed by atoms with Gasteiger partial charge in [0.15, 0.2) is 9.84 Å². The quantitative estimate of drug-likeness (QED) is 0.656. The average Bonchev–Trinajstić information content (AvgIpc) is 2.16. The van der Waals surface area contributed by atoms with Crippen LogP contribution in [0.2, 0.25) is 0 Å². The second-order valence-electron chi connectivity index (χ2n) is 5.05. The Hall–Kier alpha value is -0.170. The highest BCUT2D eigenvalue weighted by Gasteiger charge is 2.28. The van der Waals surface area contributed by atoms with Gasteiger partial charge < -0.3 is 15.2 Å². The van der Waals surface area contributed by atoms with Crippen molar-refractivity contribution in [1.29, 1.82) is 0 Å². The summed E-state index contributed by atoms with van der Waals surface area (Å²) < 4.78 is 27.9. The van der Waals surface area contributed by atoms with E-state index in [9.17, 15) is 8.42 Å². The number of sulfone groups is 1. The van der Waals surface area contributed by atoms with E-state index in [4.69, 9.17) is 9.84 Å². The summed E-state index contributed by atoms with van der Waals surface area (Å²) in [5.41, 5.74) is 0. The van der Waals surface area contributed by atoms with Gasteiger partial charge in [-0.1, -0.05) is 0 Å². The molecule has 0 spiro atoms. The largest absolute Gasteiger partial charge is 0.396 e. The van der Waals surface area contributed by atoms with E-state index in [-0.39, 0.29) is 18.4 Å². The molecule has 0 bridgehead atoms. The van der Waals surface area contributed by atoms with Crippen molar-refractivity contribution in [3.8, 4) is 0 Å². The third-order valence-electron chi connectivity index (χ3n) is 2.58. The molecule has 1 unspecified atom stereocenters. The second kappa shape index (κ2) is 7.31. The van der Waals surface area contributed by atoms with Crippen molar-refractivity contribution in [3.05, 3.63) is 0 Å². The van der Waals surface area contributed by atoms with Crippen LogP contribution in [0.25, 0.3) is 0 Å². The maximum Gasteiger partial charge on any atom is 0.156 e. The minimum Gasteiger partial charge on any atom is -0.396 e. The number of ether oxygens (including phenoxy) is 1. The summed E-state index contributed by atoms with van der Waals surface area (Å²) in [6.07, 6.45) is 0.559. The highest BCUT2D eigenvalue weighted by Crippen LogP contribution is 2.15. The monoisotopic (exact) mass is 267 g/mol. The summed E-state index contributed by atoms with van der Waals surface area (Å²) in [6, 6.07) is 0.000156. The molecule has 2 N–H and O–H groups in total. The van der Waals surface area contributed by atoms with Crippen LogP contribution < -0.4 is 5.32 Å². The highest BCUT2D eigenvalue weighted by molar-refractivity contribution is 7.92. The van der Waals surface area contributed by atoms with E-state index in [1.54, 1.807) is 27.9 Å². The topological polar surface area (TPSA) is 75.6 Å². The first kappa shape index (κ1) is 16.8. The van der Waals surface area contributed by atoms with Crippen LogP contribution in [0.15, 0.2) is 0 Å². The predicted molar refractivity (Wildman–Crippen MR) is 68.9 cm³/mol. The standard InChI is InChI=1S/C11H25NO4S/c1-11(2,3)17(14,15)8-6-12-10(5-7-13)9-16-4/h10,12-13H,5-9H2,1-4H3. The second-order valence-corrected chi connectivity index (χ2v) is 7.91. The van der Waals surface area contributed by atoms with Gasteiger partial charge in [-0.15, -0.1) is 0 Å². The van der Waals surface area contributed by atoms with Crippen molar-refractivity contribution >= 4 is 9.84 Å². The van der Waals surface area contributed by atoms with Crippen LogP contribution in [0.4, 0.5) is 0 Å². The third-order valence-corrected chi connectivity index (χ3v) is 5.19. The van der Waals surface area contributed by atoms with Crippen molar-refractivity contribution in [2.75, 3.05) is 32.6 Å². The lowest BCUT2D eigenvalue weighted by Gasteiger charge is -2.21. The summed E-state index contributed by atoms with van der Waals surface area (Å²) >= 11 is 0. The molecule has 5 nitrogen and oxygen atoms in total. The zero-order chi connectivity index (χ0) is 13.5.